The summed E-state index contributed by atoms with van der Waals surface area (Å²) in [5.41, 5.74) is 3.55. The van der Waals surface area contributed by atoms with E-state index in [1.54, 1.807) is 19.1 Å². The average molecular weight is 368 g/mol. The molecule has 3 aromatic rings. The Hall–Kier alpha value is -2.92. The Bertz CT molecular complexity index is 1000. The Morgan fingerprint density at radius 2 is 1.77 bits per heavy atom. The summed E-state index contributed by atoms with van der Waals surface area (Å²) >= 11 is 5.93. The van der Waals surface area contributed by atoms with Crippen LogP contribution in [0.3, 0.4) is 0 Å². The van der Waals surface area contributed by atoms with Crippen LogP contribution in [0.2, 0.25) is 5.02 Å². The molecule has 0 saturated heterocycles. The van der Waals surface area contributed by atoms with E-state index in [9.17, 15) is 4.79 Å². The predicted molar refractivity (Wildman–Crippen MR) is 105 cm³/mol. The summed E-state index contributed by atoms with van der Waals surface area (Å²) in [6.07, 6.45) is 0.729. The molecule has 6 heteroatoms. The summed E-state index contributed by atoms with van der Waals surface area (Å²) in [6.45, 7) is 3.75. The third-order valence-electron chi connectivity index (χ3n) is 3.96. The molecule has 0 bridgehead atoms. The highest BCUT2D eigenvalue weighted by atomic mass is 35.5. The molecule has 0 atom stereocenters. The lowest BCUT2D eigenvalue weighted by Gasteiger charge is -2.03. The van der Waals surface area contributed by atoms with Gasteiger partial charge in [0.1, 0.15) is 5.56 Å². The Labute approximate surface area is 156 Å². The van der Waals surface area contributed by atoms with E-state index in [0.29, 0.717) is 22.0 Å². The third kappa shape index (κ3) is 3.83. The third-order valence-corrected chi connectivity index (χ3v) is 4.21. The minimum atomic E-state index is -0.482. The lowest BCUT2D eigenvalue weighted by Crippen LogP contribution is -2.09. The van der Waals surface area contributed by atoms with Crippen LogP contribution in [-0.4, -0.2) is 16.6 Å². The summed E-state index contributed by atoms with van der Waals surface area (Å²) < 4.78 is 4.98. The van der Waals surface area contributed by atoms with Crippen molar-refractivity contribution in [1.29, 1.82) is 0 Å². The van der Waals surface area contributed by atoms with Gasteiger partial charge in [-0.25, -0.2) is 9.95 Å². The van der Waals surface area contributed by atoms with Crippen LogP contribution < -0.4 is 5.63 Å². The molecule has 0 aliphatic carbocycles. The number of nitrogens with zero attached hydrogens (tertiary/aromatic N) is 2. The lowest BCUT2D eigenvalue weighted by molar-refractivity contribution is 0.393. The Morgan fingerprint density at radius 3 is 2.42 bits per heavy atom. The molecule has 0 unspecified atom stereocenters. The second-order valence-corrected chi connectivity index (χ2v) is 6.14. The molecule has 0 aliphatic rings. The van der Waals surface area contributed by atoms with Gasteiger partial charge < -0.3 is 4.52 Å². The fourth-order valence-electron chi connectivity index (χ4n) is 2.60. The summed E-state index contributed by atoms with van der Waals surface area (Å²) in [7, 11) is 0. The average Bonchev–Trinajstić information content (AvgIpc) is 3.05. The molecule has 0 amide bonds. The highest BCUT2D eigenvalue weighted by Gasteiger charge is 2.17. The molecule has 26 heavy (non-hydrogen) atoms. The van der Waals surface area contributed by atoms with Crippen molar-refractivity contribution < 1.29 is 4.52 Å². The highest BCUT2D eigenvalue weighted by molar-refractivity contribution is 6.30. The van der Waals surface area contributed by atoms with Gasteiger partial charge in [0, 0.05) is 10.6 Å². The number of hydrogen-bond donors (Lipinski definition) is 1. The summed E-state index contributed by atoms with van der Waals surface area (Å²) in [4.78, 5) is 12.2. The number of aromatic nitrogens is 1. The Kier molecular flexibility index (Phi) is 5.49. The maximum Gasteiger partial charge on any atom is 0.366 e. The van der Waals surface area contributed by atoms with E-state index < -0.39 is 5.63 Å². The van der Waals surface area contributed by atoms with Gasteiger partial charge in [0.25, 0.3) is 0 Å². The lowest BCUT2D eigenvalue weighted by atomic mass is 10.1. The van der Waals surface area contributed by atoms with Crippen molar-refractivity contribution in [3.63, 3.8) is 0 Å². The van der Waals surface area contributed by atoms with Crippen LogP contribution in [0.1, 0.15) is 31.4 Å². The molecule has 0 spiro atoms. The van der Waals surface area contributed by atoms with Crippen LogP contribution in [0.25, 0.3) is 11.3 Å². The van der Waals surface area contributed by atoms with Crippen molar-refractivity contribution in [2.45, 2.75) is 20.3 Å². The van der Waals surface area contributed by atoms with E-state index in [-0.39, 0.29) is 0 Å². The normalized spacial score (nSPS) is 12.4. The standard InChI is InChI=1S/C20H18ClN3O2/c1-3-17(14-7-5-4-6-8-14)23-22-13(2)18-19(24-26-20(18)25)15-9-11-16(21)12-10-15/h4-12,24H,3H2,1-2H3/b22-13+,23-17+. The van der Waals surface area contributed by atoms with Crippen molar-refractivity contribution in [1.82, 2.24) is 5.16 Å². The molecule has 1 aromatic heterocycles. The van der Waals surface area contributed by atoms with Crippen LogP contribution in [0.15, 0.2) is 74.1 Å². The monoisotopic (exact) mass is 367 g/mol. The smallest absolute Gasteiger partial charge is 0.338 e. The molecule has 1 heterocycles. The van der Waals surface area contributed by atoms with Crippen LogP contribution in [0.4, 0.5) is 0 Å². The van der Waals surface area contributed by atoms with Gasteiger partial charge in [0.15, 0.2) is 0 Å². The number of hydrogen-bond acceptors (Lipinski definition) is 4. The van der Waals surface area contributed by atoms with Gasteiger partial charge in [0.2, 0.25) is 0 Å². The fraction of sp³-hybridized carbons (Fsp3) is 0.150. The zero-order valence-corrected chi connectivity index (χ0v) is 15.2. The zero-order chi connectivity index (χ0) is 18.5. The van der Waals surface area contributed by atoms with Crippen LogP contribution in [-0.2, 0) is 0 Å². The largest absolute Gasteiger partial charge is 0.366 e. The first kappa shape index (κ1) is 17.9. The maximum absolute atomic E-state index is 12.2. The van der Waals surface area contributed by atoms with Gasteiger partial charge in [-0.15, -0.1) is 0 Å². The number of aromatic amines is 1. The molecule has 3 rings (SSSR count). The molecular weight excluding hydrogens is 350 g/mol. The van der Waals surface area contributed by atoms with Crippen molar-refractivity contribution in [3.05, 3.63) is 81.2 Å². The van der Waals surface area contributed by atoms with E-state index in [2.05, 4.69) is 15.4 Å². The molecule has 5 nitrogen and oxygen atoms in total. The van der Waals surface area contributed by atoms with Gasteiger partial charge in [-0.1, -0.05) is 61.0 Å². The molecule has 2 aromatic carbocycles. The SMILES string of the molecule is CC/C(=N\N=C(/C)c1c(-c2ccc(Cl)cc2)[nH]oc1=O)c1ccccc1. The van der Waals surface area contributed by atoms with Gasteiger partial charge >= 0.3 is 5.63 Å². The number of nitrogens with one attached hydrogen (secondary N) is 1. The molecule has 0 radical (unpaired) electrons. The molecule has 132 valence electrons. The second kappa shape index (κ2) is 7.97. The van der Waals surface area contributed by atoms with Crippen molar-refractivity contribution >= 4 is 23.0 Å². The number of rotatable bonds is 5. The first-order valence-corrected chi connectivity index (χ1v) is 8.62. The van der Waals surface area contributed by atoms with Crippen molar-refractivity contribution in [3.8, 4) is 11.3 Å². The molecule has 0 aliphatic heterocycles. The molecule has 0 fully saturated rings. The number of halogens is 1. The van der Waals surface area contributed by atoms with E-state index in [1.807, 2.05) is 49.4 Å². The molecule has 1 N–H and O–H groups in total. The van der Waals surface area contributed by atoms with E-state index in [1.165, 1.54) is 0 Å². The van der Waals surface area contributed by atoms with Gasteiger partial charge in [-0.3, -0.25) is 0 Å². The first-order valence-electron chi connectivity index (χ1n) is 8.24. The fourth-order valence-corrected chi connectivity index (χ4v) is 2.72. The quantitative estimate of drug-likeness (QED) is 0.514. The molecular formula is C20H18ClN3O2. The first-order chi connectivity index (χ1) is 12.6. The number of benzene rings is 2. The minimum absolute atomic E-state index is 0.361. The van der Waals surface area contributed by atoms with E-state index >= 15 is 0 Å². The molecule has 0 saturated carbocycles. The van der Waals surface area contributed by atoms with E-state index in [4.69, 9.17) is 16.1 Å². The summed E-state index contributed by atoms with van der Waals surface area (Å²) in [5.74, 6) is 0. The second-order valence-electron chi connectivity index (χ2n) is 5.70. The van der Waals surface area contributed by atoms with Gasteiger partial charge in [0.05, 0.1) is 17.1 Å². The van der Waals surface area contributed by atoms with Crippen LogP contribution in [0.5, 0.6) is 0 Å². The Balaban J connectivity index is 2.00. The van der Waals surface area contributed by atoms with Crippen molar-refractivity contribution in [2.24, 2.45) is 10.2 Å². The number of H-pyrrole nitrogens is 1. The van der Waals surface area contributed by atoms with Gasteiger partial charge in [-0.2, -0.15) is 10.2 Å². The zero-order valence-electron chi connectivity index (χ0n) is 14.5. The van der Waals surface area contributed by atoms with E-state index in [0.717, 1.165) is 23.3 Å². The topological polar surface area (TPSA) is 70.7 Å². The minimum Gasteiger partial charge on any atom is -0.338 e. The van der Waals surface area contributed by atoms with Crippen molar-refractivity contribution in [2.75, 3.05) is 0 Å². The van der Waals surface area contributed by atoms with Gasteiger partial charge in [-0.05, 0) is 31.0 Å². The van der Waals surface area contributed by atoms with Crippen LogP contribution in [0, 0.1) is 0 Å². The highest BCUT2D eigenvalue weighted by Crippen LogP contribution is 2.22. The Morgan fingerprint density at radius 1 is 1.08 bits per heavy atom. The maximum atomic E-state index is 12.2. The summed E-state index contributed by atoms with van der Waals surface area (Å²) in [5, 5.41) is 11.9. The van der Waals surface area contributed by atoms with Crippen LogP contribution >= 0.6 is 11.6 Å². The summed E-state index contributed by atoms with van der Waals surface area (Å²) in [6, 6.07) is 17.0. The predicted octanol–water partition coefficient (Wildman–Crippen LogP) is 4.91.